The van der Waals surface area contributed by atoms with E-state index in [1.165, 1.54) is 22.3 Å². The highest BCUT2D eigenvalue weighted by Gasteiger charge is 2.19. The molecule has 1 aliphatic carbocycles. The van der Waals surface area contributed by atoms with E-state index in [4.69, 9.17) is 0 Å². The zero-order valence-corrected chi connectivity index (χ0v) is 18.2. The highest BCUT2D eigenvalue weighted by Crippen LogP contribution is 2.37. The fraction of sp³-hybridized carbons (Fsp3) is 0.304. The van der Waals surface area contributed by atoms with Crippen molar-refractivity contribution in [2.24, 2.45) is 0 Å². The van der Waals surface area contributed by atoms with E-state index < -0.39 is 16.1 Å². The molecule has 0 radical (unpaired) electrons. The summed E-state index contributed by atoms with van der Waals surface area (Å²) in [6, 6.07) is 13.4. The lowest BCUT2D eigenvalue weighted by Crippen LogP contribution is -2.16. The van der Waals surface area contributed by atoms with E-state index in [-0.39, 0.29) is 0 Å². The average molecular weight is 359 g/mol. The Kier molecular flexibility index (Phi) is 4.54. The third kappa shape index (κ3) is 4.54. The van der Waals surface area contributed by atoms with Crippen LogP contribution in [-0.4, -0.2) is 16.1 Å². The molecule has 2 heteroatoms. The summed E-state index contributed by atoms with van der Waals surface area (Å²) in [6.45, 7) is 13.7. The molecule has 0 heterocycles. The Morgan fingerprint density at radius 1 is 0.640 bits per heavy atom. The van der Waals surface area contributed by atoms with Crippen LogP contribution < -0.4 is 0 Å². The second-order valence-electron chi connectivity index (χ2n) is 8.92. The molecule has 1 aliphatic rings. The molecule has 0 unspecified atom stereocenters. The average Bonchev–Trinajstić information content (AvgIpc) is 2.86. The van der Waals surface area contributed by atoms with E-state index in [0.29, 0.717) is 0 Å². The second kappa shape index (κ2) is 6.38. The van der Waals surface area contributed by atoms with Gasteiger partial charge in [0.2, 0.25) is 0 Å². The predicted octanol–water partition coefficient (Wildman–Crippen LogP) is 5.72. The lowest BCUT2D eigenvalue weighted by Gasteiger charge is -2.05. The summed E-state index contributed by atoms with van der Waals surface area (Å²) >= 11 is 0. The number of hydrogen-bond donors (Lipinski definition) is 0. The van der Waals surface area contributed by atoms with Gasteiger partial charge in [-0.2, -0.15) is 0 Å². The van der Waals surface area contributed by atoms with Crippen LogP contribution in [0.25, 0.3) is 11.1 Å². The molecule has 126 valence electrons. The van der Waals surface area contributed by atoms with Crippen LogP contribution in [0.1, 0.15) is 22.3 Å². The summed E-state index contributed by atoms with van der Waals surface area (Å²) in [5.74, 6) is 6.77. The van der Waals surface area contributed by atoms with Gasteiger partial charge in [-0.3, -0.25) is 0 Å². The highest BCUT2D eigenvalue weighted by atomic mass is 28.3. The maximum Gasteiger partial charge on any atom is 0.129 e. The number of benzene rings is 2. The Hall–Kier alpha value is -2.01. The van der Waals surface area contributed by atoms with Crippen LogP contribution in [0.5, 0.6) is 0 Å². The fourth-order valence-electron chi connectivity index (χ4n) is 2.89. The molecule has 0 bridgehead atoms. The summed E-state index contributed by atoms with van der Waals surface area (Å²) in [5.41, 5.74) is 14.7. The quantitative estimate of drug-likeness (QED) is 0.356. The molecule has 0 fully saturated rings. The maximum absolute atomic E-state index is 3.46. The Morgan fingerprint density at radius 2 is 1.04 bits per heavy atom. The minimum atomic E-state index is -1.33. The zero-order valence-electron chi connectivity index (χ0n) is 16.2. The predicted molar refractivity (Wildman–Crippen MR) is 115 cm³/mol. The van der Waals surface area contributed by atoms with Gasteiger partial charge in [0, 0.05) is 11.1 Å². The molecular formula is C23H26Si2. The van der Waals surface area contributed by atoms with Crippen LogP contribution in [0.4, 0.5) is 0 Å². The smallest absolute Gasteiger partial charge is 0.127 e. The van der Waals surface area contributed by atoms with Gasteiger partial charge in [-0.25, -0.2) is 0 Å². The molecule has 25 heavy (non-hydrogen) atoms. The molecule has 0 aromatic heterocycles. The van der Waals surface area contributed by atoms with Gasteiger partial charge in [-0.15, -0.1) is 11.1 Å². The van der Waals surface area contributed by atoms with Crippen LogP contribution in [0.3, 0.4) is 0 Å². The van der Waals surface area contributed by atoms with E-state index in [2.05, 4.69) is 98.6 Å². The Labute approximate surface area is 154 Å². The molecule has 0 nitrogen and oxygen atoms in total. The first-order valence-corrected chi connectivity index (χ1v) is 15.9. The molecule has 0 amide bonds. The zero-order chi connectivity index (χ0) is 18.2. The molecule has 3 rings (SSSR count). The topological polar surface area (TPSA) is 0 Å². The number of hydrogen-bond acceptors (Lipinski definition) is 0. The maximum atomic E-state index is 3.46. The lowest BCUT2D eigenvalue weighted by atomic mass is 10.0. The van der Waals surface area contributed by atoms with Crippen LogP contribution in [0.15, 0.2) is 36.4 Å². The second-order valence-corrected chi connectivity index (χ2v) is 18.4. The normalized spacial score (nSPS) is 12.4. The molecule has 0 aliphatic heterocycles. The standard InChI is InChI=1S/C23H26Si2/c1-24(2,3)13-11-18-7-9-22-20(15-18)17-21-16-19(8-10-23(21)22)12-14-25(4,5)6/h7-10,15-16H,17H2,1-6H3. The SMILES string of the molecule is C[Si](C)(C)C#Cc1ccc2c(c1)Cc1cc(C#C[Si](C)(C)C)ccc1-2. The molecule has 0 spiro atoms. The van der Waals surface area contributed by atoms with Gasteiger partial charge >= 0.3 is 0 Å². The Morgan fingerprint density at radius 3 is 1.40 bits per heavy atom. The third-order valence-corrected chi connectivity index (χ3v) is 5.80. The minimum Gasteiger partial charge on any atom is -0.127 e. The van der Waals surface area contributed by atoms with Gasteiger partial charge in [0.25, 0.3) is 0 Å². The van der Waals surface area contributed by atoms with Crippen molar-refractivity contribution in [3.05, 3.63) is 58.7 Å². The van der Waals surface area contributed by atoms with Gasteiger partial charge in [0.15, 0.2) is 0 Å². The van der Waals surface area contributed by atoms with Crippen molar-refractivity contribution in [3.8, 4) is 34.1 Å². The van der Waals surface area contributed by atoms with Crippen LogP contribution in [0, 0.1) is 22.9 Å². The summed E-state index contributed by atoms with van der Waals surface area (Å²) in [6.07, 6.45) is 0.996. The Bertz CT molecular complexity index is 867. The number of rotatable bonds is 0. The summed E-state index contributed by atoms with van der Waals surface area (Å²) in [4.78, 5) is 0. The van der Waals surface area contributed by atoms with Crippen molar-refractivity contribution in [2.45, 2.75) is 45.7 Å². The summed E-state index contributed by atoms with van der Waals surface area (Å²) < 4.78 is 0. The first-order chi connectivity index (χ1) is 11.6. The van der Waals surface area contributed by atoms with Crippen molar-refractivity contribution >= 4 is 16.1 Å². The minimum absolute atomic E-state index is 0.996. The van der Waals surface area contributed by atoms with E-state index in [1.54, 1.807) is 0 Å². The van der Waals surface area contributed by atoms with E-state index >= 15 is 0 Å². The molecule has 0 atom stereocenters. The van der Waals surface area contributed by atoms with Crippen molar-refractivity contribution in [2.75, 3.05) is 0 Å². The van der Waals surface area contributed by atoms with Crippen molar-refractivity contribution in [1.82, 2.24) is 0 Å². The molecule has 2 aromatic carbocycles. The van der Waals surface area contributed by atoms with Crippen LogP contribution >= 0.6 is 0 Å². The fourth-order valence-corrected chi connectivity index (χ4v) is 3.92. The van der Waals surface area contributed by atoms with Gasteiger partial charge in [0.05, 0.1) is 0 Å². The molecule has 0 saturated carbocycles. The Balaban J connectivity index is 1.91. The molecule has 2 aromatic rings. The van der Waals surface area contributed by atoms with Crippen LogP contribution in [-0.2, 0) is 6.42 Å². The monoisotopic (exact) mass is 358 g/mol. The van der Waals surface area contributed by atoms with Gasteiger partial charge in [0.1, 0.15) is 16.1 Å². The number of fused-ring (bicyclic) bond motifs is 3. The van der Waals surface area contributed by atoms with Crippen molar-refractivity contribution < 1.29 is 0 Å². The van der Waals surface area contributed by atoms with Gasteiger partial charge < -0.3 is 0 Å². The summed E-state index contributed by atoms with van der Waals surface area (Å²) in [5, 5.41) is 0. The first-order valence-electron chi connectivity index (χ1n) is 8.93. The van der Waals surface area contributed by atoms with Gasteiger partial charge in [-0.05, 0) is 52.9 Å². The van der Waals surface area contributed by atoms with Crippen LogP contribution in [0.2, 0.25) is 39.3 Å². The van der Waals surface area contributed by atoms with E-state index in [9.17, 15) is 0 Å². The van der Waals surface area contributed by atoms with E-state index in [1.807, 2.05) is 0 Å². The highest BCUT2D eigenvalue weighted by molar-refractivity contribution is 6.84. The largest absolute Gasteiger partial charge is 0.129 e. The molecule has 0 saturated heterocycles. The van der Waals surface area contributed by atoms with Crippen molar-refractivity contribution in [1.29, 1.82) is 0 Å². The molecular weight excluding hydrogens is 332 g/mol. The van der Waals surface area contributed by atoms with Crippen molar-refractivity contribution in [3.63, 3.8) is 0 Å². The first kappa shape index (κ1) is 17.8. The van der Waals surface area contributed by atoms with Gasteiger partial charge in [-0.1, -0.05) is 63.3 Å². The summed E-state index contributed by atoms with van der Waals surface area (Å²) in [7, 11) is -2.67. The lowest BCUT2D eigenvalue weighted by molar-refractivity contribution is 1.26. The third-order valence-electron chi connectivity index (χ3n) is 4.05. The van der Waals surface area contributed by atoms with E-state index in [0.717, 1.165) is 17.5 Å². The molecule has 0 N–H and O–H groups in total.